The van der Waals surface area contributed by atoms with E-state index >= 15 is 0 Å². The van der Waals surface area contributed by atoms with E-state index in [4.69, 9.17) is 0 Å². The molecule has 2 N–H and O–H groups in total. The van der Waals surface area contributed by atoms with Crippen LogP contribution in [0.5, 0.6) is 0 Å². The molecule has 1 unspecified atom stereocenters. The number of aliphatic hydroxyl groups excluding tert-OH is 1. The minimum Gasteiger partial charge on any atom is -0.394 e. The predicted octanol–water partition coefficient (Wildman–Crippen LogP) is 2.41. The Morgan fingerprint density at radius 3 is 2.53 bits per heavy atom. The minimum atomic E-state index is -0.166. The highest BCUT2D eigenvalue weighted by molar-refractivity contribution is 9.10. The van der Waals surface area contributed by atoms with Crippen molar-refractivity contribution >= 4 is 21.6 Å². The van der Waals surface area contributed by atoms with Crippen molar-refractivity contribution in [3.05, 3.63) is 21.0 Å². The quantitative estimate of drug-likeness (QED) is 0.839. The molecule has 1 aromatic heterocycles. The van der Waals surface area contributed by atoms with Crippen LogP contribution in [0.1, 0.15) is 40.2 Å². The zero-order valence-corrected chi connectivity index (χ0v) is 13.4. The van der Waals surface area contributed by atoms with Gasteiger partial charge >= 0.3 is 0 Å². The van der Waals surface area contributed by atoms with E-state index in [-0.39, 0.29) is 24.2 Å². The van der Waals surface area contributed by atoms with Gasteiger partial charge in [0.2, 0.25) is 0 Å². The standard InChI is InChI=1S/C13H22BrN3O2/c1-8(2)5-10(7-18)16-11-6-15-17(9(3)4)13(19)12(11)14/h6,8-10,16,18H,5,7H2,1-4H3. The molecule has 1 aromatic rings. The lowest BCUT2D eigenvalue weighted by Gasteiger charge is -2.20. The summed E-state index contributed by atoms with van der Waals surface area (Å²) in [7, 11) is 0. The Bertz CT molecular complexity index is 471. The first-order valence-electron chi connectivity index (χ1n) is 6.51. The molecule has 0 bridgehead atoms. The molecule has 1 heterocycles. The van der Waals surface area contributed by atoms with Gasteiger partial charge in [-0.3, -0.25) is 4.79 Å². The minimum absolute atomic E-state index is 0.0159. The molecule has 0 aliphatic rings. The summed E-state index contributed by atoms with van der Waals surface area (Å²) in [6, 6.07) is -0.0606. The van der Waals surface area contributed by atoms with E-state index in [2.05, 4.69) is 40.2 Å². The van der Waals surface area contributed by atoms with Crippen LogP contribution in [0.4, 0.5) is 5.69 Å². The molecule has 0 spiro atoms. The van der Waals surface area contributed by atoms with E-state index in [9.17, 15) is 9.90 Å². The van der Waals surface area contributed by atoms with Crippen molar-refractivity contribution in [2.24, 2.45) is 5.92 Å². The summed E-state index contributed by atoms with van der Waals surface area (Å²) in [5.74, 6) is 0.465. The number of hydrogen-bond donors (Lipinski definition) is 2. The van der Waals surface area contributed by atoms with Gasteiger partial charge < -0.3 is 10.4 Å². The molecule has 108 valence electrons. The Balaban J connectivity index is 2.96. The van der Waals surface area contributed by atoms with Crippen LogP contribution in [0.3, 0.4) is 0 Å². The molecule has 0 saturated carbocycles. The fourth-order valence-electron chi connectivity index (χ4n) is 1.88. The highest BCUT2D eigenvalue weighted by Gasteiger charge is 2.15. The van der Waals surface area contributed by atoms with E-state index in [1.165, 1.54) is 4.68 Å². The predicted molar refractivity (Wildman–Crippen MR) is 80.5 cm³/mol. The molecule has 0 aliphatic carbocycles. The van der Waals surface area contributed by atoms with E-state index in [1.807, 2.05) is 13.8 Å². The summed E-state index contributed by atoms with van der Waals surface area (Å²) < 4.78 is 1.88. The van der Waals surface area contributed by atoms with Crippen LogP contribution in [-0.2, 0) is 0 Å². The fraction of sp³-hybridized carbons (Fsp3) is 0.692. The highest BCUT2D eigenvalue weighted by Crippen LogP contribution is 2.19. The van der Waals surface area contributed by atoms with E-state index < -0.39 is 0 Å². The van der Waals surface area contributed by atoms with Gasteiger partial charge in [0.15, 0.2) is 0 Å². The normalized spacial score (nSPS) is 13.1. The molecule has 0 radical (unpaired) electrons. The van der Waals surface area contributed by atoms with Gasteiger partial charge in [0.1, 0.15) is 4.47 Å². The van der Waals surface area contributed by atoms with Crippen LogP contribution in [0.2, 0.25) is 0 Å². The van der Waals surface area contributed by atoms with Crippen LogP contribution >= 0.6 is 15.9 Å². The van der Waals surface area contributed by atoms with Crippen molar-refractivity contribution in [2.45, 2.75) is 46.2 Å². The molecule has 1 rings (SSSR count). The zero-order valence-electron chi connectivity index (χ0n) is 11.9. The molecule has 0 fully saturated rings. The summed E-state index contributed by atoms with van der Waals surface area (Å²) in [5.41, 5.74) is 0.461. The second kappa shape index (κ2) is 7.05. The number of rotatable bonds is 6. The van der Waals surface area contributed by atoms with Gasteiger partial charge in [0.25, 0.3) is 5.56 Å². The van der Waals surface area contributed by atoms with Gasteiger partial charge in [-0.1, -0.05) is 13.8 Å². The summed E-state index contributed by atoms with van der Waals surface area (Å²) in [6.07, 6.45) is 2.45. The van der Waals surface area contributed by atoms with Crippen molar-refractivity contribution < 1.29 is 5.11 Å². The highest BCUT2D eigenvalue weighted by atomic mass is 79.9. The molecule has 0 saturated heterocycles. The van der Waals surface area contributed by atoms with Crippen LogP contribution in [0.25, 0.3) is 0 Å². The SMILES string of the molecule is CC(C)CC(CO)Nc1cnn(C(C)C)c(=O)c1Br. The first-order valence-corrected chi connectivity index (χ1v) is 7.30. The third-order valence-electron chi connectivity index (χ3n) is 2.77. The van der Waals surface area contributed by atoms with Crippen molar-refractivity contribution in [2.75, 3.05) is 11.9 Å². The molecular formula is C13H22BrN3O2. The smallest absolute Gasteiger partial charge is 0.283 e. The summed E-state index contributed by atoms with van der Waals surface area (Å²) in [4.78, 5) is 12.1. The maximum absolute atomic E-state index is 12.1. The van der Waals surface area contributed by atoms with E-state index in [0.29, 0.717) is 16.1 Å². The lowest BCUT2D eigenvalue weighted by Crippen LogP contribution is -2.30. The number of nitrogens with zero attached hydrogens (tertiary/aromatic N) is 2. The second-order valence-electron chi connectivity index (χ2n) is 5.37. The summed E-state index contributed by atoms with van der Waals surface area (Å²) in [5, 5.41) is 16.7. The first-order chi connectivity index (χ1) is 8.86. The first kappa shape index (κ1) is 16.2. The van der Waals surface area contributed by atoms with Gasteiger partial charge in [-0.2, -0.15) is 5.10 Å². The number of halogens is 1. The fourth-order valence-corrected chi connectivity index (χ4v) is 2.28. The number of aromatic nitrogens is 2. The average Bonchev–Trinajstić information content (AvgIpc) is 2.33. The second-order valence-corrected chi connectivity index (χ2v) is 6.16. The van der Waals surface area contributed by atoms with Crippen molar-refractivity contribution in [3.8, 4) is 0 Å². The summed E-state index contributed by atoms with van der Waals surface area (Å²) >= 11 is 3.31. The zero-order chi connectivity index (χ0) is 14.6. The Labute approximate surface area is 122 Å². The maximum Gasteiger partial charge on any atom is 0.283 e. The van der Waals surface area contributed by atoms with Gasteiger partial charge in [0.05, 0.1) is 24.5 Å². The number of anilines is 1. The van der Waals surface area contributed by atoms with Crippen molar-refractivity contribution in [3.63, 3.8) is 0 Å². The molecule has 19 heavy (non-hydrogen) atoms. The topological polar surface area (TPSA) is 67.2 Å². The van der Waals surface area contributed by atoms with Gasteiger partial charge in [-0.15, -0.1) is 0 Å². The summed E-state index contributed by atoms with van der Waals surface area (Å²) in [6.45, 7) is 8.02. The molecular weight excluding hydrogens is 310 g/mol. The number of aliphatic hydroxyl groups is 1. The molecule has 0 aromatic carbocycles. The molecule has 5 nitrogen and oxygen atoms in total. The molecule has 1 atom stereocenters. The largest absolute Gasteiger partial charge is 0.394 e. The van der Waals surface area contributed by atoms with Gasteiger partial charge in [-0.05, 0) is 42.1 Å². The Kier molecular flexibility index (Phi) is 6.00. The monoisotopic (exact) mass is 331 g/mol. The number of hydrogen-bond acceptors (Lipinski definition) is 4. The van der Waals surface area contributed by atoms with E-state index in [1.54, 1.807) is 6.20 Å². The van der Waals surface area contributed by atoms with Gasteiger partial charge in [-0.25, -0.2) is 4.68 Å². The third kappa shape index (κ3) is 4.31. The van der Waals surface area contributed by atoms with Crippen LogP contribution in [0, 0.1) is 5.92 Å². The molecule has 6 heteroatoms. The molecule has 0 aliphatic heterocycles. The van der Waals surface area contributed by atoms with Crippen molar-refractivity contribution in [1.82, 2.24) is 9.78 Å². The number of nitrogens with one attached hydrogen (secondary N) is 1. The third-order valence-corrected chi connectivity index (χ3v) is 3.53. The molecule has 0 amide bonds. The van der Waals surface area contributed by atoms with Crippen LogP contribution in [-0.4, -0.2) is 27.5 Å². The van der Waals surface area contributed by atoms with Gasteiger partial charge in [0, 0.05) is 6.04 Å². The Morgan fingerprint density at radius 1 is 1.42 bits per heavy atom. The van der Waals surface area contributed by atoms with Crippen LogP contribution in [0.15, 0.2) is 15.5 Å². The van der Waals surface area contributed by atoms with Crippen LogP contribution < -0.4 is 10.9 Å². The van der Waals surface area contributed by atoms with E-state index in [0.717, 1.165) is 6.42 Å². The Hall–Kier alpha value is -0.880. The van der Waals surface area contributed by atoms with Crippen molar-refractivity contribution in [1.29, 1.82) is 0 Å². The maximum atomic E-state index is 12.1. The Morgan fingerprint density at radius 2 is 2.05 bits per heavy atom. The lowest BCUT2D eigenvalue weighted by molar-refractivity contribution is 0.259. The lowest BCUT2D eigenvalue weighted by atomic mass is 10.0. The average molecular weight is 332 g/mol.